The molecule has 0 spiro atoms. The number of nitrogens with one attached hydrogen (secondary N) is 1. The first-order valence-electron chi connectivity index (χ1n) is 7.80. The molecule has 3 unspecified atom stereocenters. The molecule has 2 N–H and O–H groups in total. The van der Waals surface area contributed by atoms with Gasteiger partial charge in [-0.2, -0.15) is 0 Å². The highest BCUT2D eigenvalue weighted by molar-refractivity contribution is 5.78. The Morgan fingerprint density at radius 2 is 2.05 bits per heavy atom. The zero-order valence-corrected chi connectivity index (χ0v) is 12.3. The Labute approximate surface area is 120 Å². The van der Waals surface area contributed by atoms with Gasteiger partial charge in [-0.1, -0.05) is 13.3 Å². The van der Waals surface area contributed by atoms with Gasteiger partial charge in [-0.15, -0.1) is 0 Å². The average molecular weight is 282 g/mol. The minimum absolute atomic E-state index is 0.161. The Morgan fingerprint density at radius 3 is 2.75 bits per heavy atom. The van der Waals surface area contributed by atoms with Crippen LogP contribution in [0.15, 0.2) is 0 Å². The second-order valence-electron chi connectivity index (χ2n) is 6.37. The second kappa shape index (κ2) is 7.07. The van der Waals surface area contributed by atoms with Crippen molar-refractivity contribution in [1.29, 1.82) is 0 Å². The number of nitrogens with zero attached hydrogens (tertiary/aromatic N) is 1. The largest absolute Gasteiger partial charge is 0.481 e. The number of carbonyl (C=O) groups excluding carboxylic acids is 1. The molecule has 0 aromatic carbocycles. The van der Waals surface area contributed by atoms with Gasteiger partial charge in [0.25, 0.3) is 0 Å². The minimum atomic E-state index is -0.701. The molecule has 1 amide bonds. The molecule has 3 atom stereocenters. The summed E-state index contributed by atoms with van der Waals surface area (Å²) < 4.78 is 0. The van der Waals surface area contributed by atoms with Crippen LogP contribution in [0.3, 0.4) is 0 Å². The number of amides is 1. The van der Waals surface area contributed by atoms with Crippen LogP contribution in [0.4, 0.5) is 0 Å². The van der Waals surface area contributed by atoms with Crippen molar-refractivity contribution in [3.63, 3.8) is 0 Å². The first-order valence-corrected chi connectivity index (χ1v) is 7.80. The number of carboxylic acid groups (broad SMARTS) is 1. The zero-order valence-electron chi connectivity index (χ0n) is 12.3. The van der Waals surface area contributed by atoms with Gasteiger partial charge >= 0.3 is 5.97 Å². The van der Waals surface area contributed by atoms with Gasteiger partial charge in [-0.05, 0) is 38.0 Å². The third-order valence-electron chi connectivity index (χ3n) is 4.58. The Morgan fingerprint density at radius 1 is 1.25 bits per heavy atom. The van der Waals surface area contributed by atoms with Crippen LogP contribution < -0.4 is 5.32 Å². The molecule has 1 saturated heterocycles. The molecule has 2 fully saturated rings. The van der Waals surface area contributed by atoms with E-state index in [0.717, 1.165) is 38.8 Å². The van der Waals surface area contributed by atoms with Gasteiger partial charge in [0.2, 0.25) is 5.91 Å². The summed E-state index contributed by atoms with van der Waals surface area (Å²) in [6.07, 6.45) is 5.64. The molecule has 0 aromatic rings. The van der Waals surface area contributed by atoms with Crippen molar-refractivity contribution in [3.05, 3.63) is 0 Å². The van der Waals surface area contributed by atoms with Crippen LogP contribution in [0, 0.1) is 11.8 Å². The van der Waals surface area contributed by atoms with Crippen molar-refractivity contribution in [3.8, 4) is 0 Å². The van der Waals surface area contributed by atoms with Crippen molar-refractivity contribution in [2.75, 3.05) is 19.6 Å². The second-order valence-corrected chi connectivity index (χ2v) is 6.37. The third kappa shape index (κ3) is 4.20. The van der Waals surface area contributed by atoms with Gasteiger partial charge in [0.15, 0.2) is 0 Å². The van der Waals surface area contributed by atoms with E-state index in [9.17, 15) is 9.59 Å². The van der Waals surface area contributed by atoms with E-state index in [0.29, 0.717) is 18.9 Å². The molecule has 5 heteroatoms. The number of aliphatic carboxylic acids is 1. The smallest absolute Gasteiger partial charge is 0.306 e. The fourth-order valence-electron chi connectivity index (χ4n) is 3.36. The highest BCUT2D eigenvalue weighted by atomic mass is 16.4. The van der Waals surface area contributed by atoms with Gasteiger partial charge < -0.3 is 15.3 Å². The highest BCUT2D eigenvalue weighted by Gasteiger charge is 2.27. The highest BCUT2D eigenvalue weighted by Crippen LogP contribution is 2.24. The van der Waals surface area contributed by atoms with E-state index >= 15 is 0 Å². The quantitative estimate of drug-likeness (QED) is 0.819. The standard InChI is InChI=1S/C15H26N2O3/c1-11-4-3-7-17(10-11)14(18)9-16-13-6-2-5-12(8-13)15(19)20/h11-13,16H,2-10H2,1H3,(H,19,20). The number of likely N-dealkylation sites (tertiary alicyclic amines) is 1. The Kier molecular flexibility index (Phi) is 5.40. The van der Waals surface area contributed by atoms with Crippen LogP contribution in [-0.2, 0) is 9.59 Å². The third-order valence-corrected chi connectivity index (χ3v) is 4.58. The fraction of sp³-hybridized carbons (Fsp3) is 0.867. The van der Waals surface area contributed by atoms with Crippen LogP contribution in [0.2, 0.25) is 0 Å². The summed E-state index contributed by atoms with van der Waals surface area (Å²) in [6.45, 7) is 4.27. The van der Waals surface area contributed by atoms with Crippen LogP contribution in [0.1, 0.15) is 45.4 Å². The van der Waals surface area contributed by atoms with Crippen LogP contribution in [0.25, 0.3) is 0 Å². The molecule has 0 aromatic heterocycles. The lowest BCUT2D eigenvalue weighted by atomic mass is 9.86. The summed E-state index contributed by atoms with van der Waals surface area (Å²) in [5.74, 6) is -0.188. The SMILES string of the molecule is CC1CCCN(C(=O)CNC2CCCC(C(=O)O)C2)C1. The average Bonchev–Trinajstić information content (AvgIpc) is 2.45. The summed E-state index contributed by atoms with van der Waals surface area (Å²) in [7, 11) is 0. The molecular formula is C15H26N2O3. The van der Waals surface area contributed by atoms with Crippen LogP contribution in [0.5, 0.6) is 0 Å². The summed E-state index contributed by atoms with van der Waals surface area (Å²) >= 11 is 0. The van der Waals surface area contributed by atoms with Crippen molar-refractivity contribution in [2.45, 2.75) is 51.5 Å². The van der Waals surface area contributed by atoms with Crippen LogP contribution >= 0.6 is 0 Å². The Balaban J connectivity index is 1.74. The summed E-state index contributed by atoms with van der Waals surface area (Å²) in [6, 6.07) is 0.177. The van der Waals surface area contributed by atoms with E-state index in [1.54, 1.807) is 0 Å². The normalized spacial score (nSPS) is 31.1. The number of hydrogen-bond donors (Lipinski definition) is 2. The molecule has 1 heterocycles. The van der Waals surface area contributed by atoms with E-state index in [1.165, 1.54) is 6.42 Å². The number of rotatable bonds is 4. The zero-order chi connectivity index (χ0) is 14.5. The van der Waals surface area contributed by atoms with Crippen LogP contribution in [-0.4, -0.2) is 47.6 Å². The lowest BCUT2D eigenvalue weighted by molar-refractivity contribution is -0.143. The fourth-order valence-corrected chi connectivity index (χ4v) is 3.36. The van der Waals surface area contributed by atoms with E-state index < -0.39 is 5.97 Å². The number of carboxylic acids is 1. The van der Waals surface area contributed by atoms with Gasteiger partial charge in [0, 0.05) is 19.1 Å². The van der Waals surface area contributed by atoms with E-state index in [2.05, 4.69) is 12.2 Å². The predicted molar refractivity (Wildman–Crippen MR) is 76.4 cm³/mol. The topological polar surface area (TPSA) is 69.6 Å². The van der Waals surface area contributed by atoms with E-state index in [-0.39, 0.29) is 17.9 Å². The summed E-state index contributed by atoms with van der Waals surface area (Å²) in [5, 5.41) is 12.3. The molecular weight excluding hydrogens is 256 g/mol. The van der Waals surface area contributed by atoms with Crippen molar-refractivity contribution < 1.29 is 14.7 Å². The monoisotopic (exact) mass is 282 g/mol. The van der Waals surface area contributed by atoms with Gasteiger partial charge in [0.1, 0.15) is 0 Å². The maximum atomic E-state index is 12.1. The lowest BCUT2D eigenvalue weighted by Crippen LogP contribution is -2.46. The van der Waals surface area contributed by atoms with Gasteiger partial charge in [-0.3, -0.25) is 9.59 Å². The van der Waals surface area contributed by atoms with Gasteiger partial charge in [-0.25, -0.2) is 0 Å². The minimum Gasteiger partial charge on any atom is -0.481 e. The van der Waals surface area contributed by atoms with Gasteiger partial charge in [0.05, 0.1) is 12.5 Å². The Hall–Kier alpha value is -1.10. The molecule has 5 nitrogen and oxygen atoms in total. The first kappa shape index (κ1) is 15.3. The number of carbonyl (C=O) groups is 2. The summed E-state index contributed by atoms with van der Waals surface area (Å²) in [4.78, 5) is 25.1. The summed E-state index contributed by atoms with van der Waals surface area (Å²) in [5.41, 5.74) is 0. The van der Waals surface area contributed by atoms with E-state index in [1.807, 2.05) is 4.90 Å². The molecule has 1 aliphatic carbocycles. The molecule has 2 aliphatic rings. The molecule has 0 bridgehead atoms. The molecule has 20 heavy (non-hydrogen) atoms. The molecule has 1 saturated carbocycles. The lowest BCUT2D eigenvalue weighted by Gasteiger charge is -2.32. The maximum absolute atomic E-state index is 12.1. The number of piperidine rings is 1. The molecule has 0 radical (unpaired) electrons. The molecule has 114 valence electrons. The van der Waals surface area contributed by atoms with Crippen molar-refractivity contribution >= 4 is 11.9 Å². The molecule has 2 rings (SSSR count). The Bertz CT molecular complexity index is 359. The number of hydrogen-bond acceptors (Lipinski definition) is 3. The van der Waals surface area contributed by atoms with E-state index in [4.69, 9.17) is 5.11 Å². The van der Waals surface area contributed by atoms with Crippen molar-refractivity contribution in [2.24, 2.45) is 11.8 Å². The maximum Gasteiger partial charge on any atom is 0.306 e. The van der Waals surface area contributed by atoms with Crippen molar-refractivity contribution in [1.82, 2.24) is 10.2 Å². The predicted octanol–water partition coefficient (Wildman–Crippen LogP) is 1.48. The molecule has 1 aliphatic heterocycles. The first-order chi connectivity index (χ1) is 9.56.